The summed E-state index contributed by atoms with van der Waals surface area (Å²) in [6.07, 6.45) is 6.88. The average molecular weight is 515 g/mol. The number of amides is 1. The summed E-state index contributed by atoms with van der Waals surface area (Å²) in [5.74, 6) is -1.04. The number of aromatic nitrogens is 6. The van der Waals surface area contributed by atoms with Crippen molar-refractivity contribution in [1.29, 1.82) is 0 Å². The predicted molar refractivity (Wildman–Crippen MR) is 126 cm³/mol. The minimum absolute atomic E-state index is 0.199. The van der Waals surface area contributed by atoms with Crippen LogP contribution in [0.3, 0.4) is 0 Å². The zero-order valence-corrected chi connectivity index (χ0v) is 19.3. The van der Waals surface area contributed by atoms with Gasteiger partial charge in [-0.1, -0.05) is 17.7 Å². The lowest BCUT2D eigenvalue weighted by Gasteiger charge is -2.30. The van der Waals surface area contributed by atoms with Gasteiger partial charge in [0.25, 0.3) is 12.3 Å². The fourth-order valence-electron chi connectivity index (χ4n) is 3.61. The second-order valence-electron chi connectivity index (χ2n) is 8.03. The van der Waals surface area contributed by atoms with E-state index >= 15 is 0 Å². The first kappa shape index (κ1) is 23.7. The van der Waals surface area contributed by atoms with E-state index in [1.807, 2.05) is 0 Å². The molecule has 4 heterocycles. The lowest BCUT2D eigenvalue weighted by atomic mass is 10.0. The Labute approximate surface area is 208 Å². The third kappa shape index (κ3) is 4.85. The van der Waals surface area contributed by atoms with Crippen LogP contribution in [0, 0.1) is 5.82 Å². The van der Waals surface area contributed by atoms with Crippen LogP contribution in [0.25, 0.3) is 11.3 Å². The fourth-order valence-corrected chi connectivity index (χ4v) is 3.77. The first-order valence-electron chi connectivity index (χ1n) is 10.9. The smallest absolute Gasteiger partial charge is 0.275 e. The molecule has 0 saturated carbocycles. The van der Waals surface area contributed by atoms with Crippen LogP contribution in [0.2, 0.25) is 5.02 Å². The minimum Gasteiger partial charge on any atom is -0.341 e. The van der Waals surface area contributed by atoms with Crippen LogP contribution in [-0.4, -0.2) is 48.7 Å². The predicted octanol–water partition coefficient (Wildman–Crippen LogP) is 4.37. The molecule has 4 aromatic rings. The van der Waals surface area contributed by atoms with E-state index in [-0.39, 0.29) is 16.4 Å². The molecule has 1 aliphatic rings. The molecule has 184 valence electrons. The van der Waals surface area contributed by atoms with Gasteiger partial charge in [-0.25, -0.2) is 28.1 Å². The van der Waals surface area contributed by atoms with Gasteiger partial charge in [0.05, 0.1) is 41.5 Å². The molecular weight excluding hydrogens is 497 g/mol. The van der Waals surface area contributed by atoms with E-state index in [1.165, 1.54) is 6.20 Å². The van der Waals surface area contributed by atoms with E-state index in [0.717, 1.165) is 49.6 Å². The minimum atomic E-state index is -2.98. The van der Waals surface area contributed by atoms with Crippen molar-refractivity contribution in [2.45, 2.75) is 19.4 Å². The van der Waals surface area contributed by atoms with Crippen LogP contribution in [-0.2, 0) is 6.54 Å². The van der Waals surface area contributed by atoms with E-state index in [1.54, 1.807) is 23.3 Å². The second-order valence-corrected chi connectivity index (χ2v) is 8.44. The Morgan fingerprint density at radius 3 is 2.58 bits per heavy atom. The number of carbonyl (C=O) groups is 1. The van der Waals surface area contributed by atoms with Gasteiger partial charge in [-0.05, 0) is 12.5 Å². The molecule has 1 aromatic carbocycles. The number of alkyl halides is 2. The Kier molecular flexibility index (Phi) is 6.51. The molecule has 1 N–H and O–H groups in total. The van der Waals surface area contributed by atoms with Crippen LogP contribution in [0.5, 0.6) is 0 Å². The molecule has 0 atom stereocenters. The molecule has 0 aliphatic carbocycles. The van der Waals surface area contributed by atoms with Crippen molar-refractivity contribution >= 4 is 29.1 Å². The van der Waals surface area contributed by atoms with E-state index in [4.69, 9.17) is 11.6 Å². The SMILES string of the molecule is O=C(Nc1cnn(Cc2cnc(N3CCC3)nc2)c1)c1cncc(-c2c(C(F)F)ccc(Cl)c2F)n1. The number of hydrogen-bond acceptors (Lipinski definition) is 7. The van der Waals surface area contributed by atoms with E-state index < -0.39 is 29.3 Å². The number of benzene rings is 1. The molecule has 0 radical (unpaired) electrons. The molecule has 1 fully saturated rings. The van der Waals surface area contributed by atoms with Gasteiger partial charge in [0.2, 0.25) is 5.95 Å². The van der Waals surface area contributed by atoms with Crippen molar-refractivity contribution < 1.29 is 18.0 Å². The van der Waals surface area contributed by atoms with Crippen LogP contribution in [0.15, 0.2) is 49.3 Å². The third-order valence-electron chi connectivity index (χ3n) is 5.55. The maximum Gasteiger partial charge on any atom is 0.275 e. The first-order valence-corrected chi connectivity index (χ1v) is 11.2. The number of hydrogen-bond donors (Lipinski definition) is 1. The summed E-state index contributed by atoms with van der Waals surface area (Å²) in [5, 5.41) is 6.48. The Hall–Kier alpha value is -4.06. The highest BCUT2D eigenvalue weighted by Crippen LogP contribution is 2.35. The zero-order valence-electron chi connectivity index (χ0n) is 18.6. The molecule has 1 amide bonds. The van der Waals surface area contributed by atoms with Gasteiger partial charge in [-0.2, -0.15) is 5.10 Å². The maximum absolute atomic E-state index is 14.6. The standard InChI is InChI=1S/C23H18ClF3N8O/c24-16-3-2-15(21(26)27)19(20(16)25)17-9-28-10-18(33-17)22(36)32-14-8-31-35(12-14)11-13-6-29-23(30-7-13)34-4-1-5-34/h2-3,6-10,12,21H,1,4-5,11H2,(H,32,36). The summed E-state index contributed by atoms with van der Waals surface area (Å²) in [5.41, 5.74) is -0.350. The van der Waals surface area contributed by atoms with Gasteiger partial charge in [-0.15, -0.1) is 0 Å². The molecule has 1 aliphatic heterocycles. The molecule has 0 unspecified atom stereocenters. The average Bonchev–Trinajstić information content (AvgIpc) is 3.27. The first-order chi connectivity index (χ1) is 17.4. The van der Waals surface area contributed by atoms with Gasteiger partial charge < -0.3 is 10.2 Å². The Morgan fingerprint density at radius 2 is 1.89 bits per heavy atom. The van der Waals surface area contributed by atoms with Gasteiger partial charge in [0.15, 0.2) is 5.82 Å². The zero-order chi connectivity index (χ0) is 25.2. The number of rotatable bonds is 7. The van der Waals surface area contributed by atoms with Gasteiger partial charge in [-0.3, -0.25) is 14.5 Å². The highest BCUT2D eigenvalue weighted by atomic mass is 35.5. The van der Waals surface area contributed by atoms with Gasteiger partial charge >= 0.3 is 0 Å². The van der Waals surface area contributed by atoms with Crippen LogP contribution in [0.1, 0.15) is 34.5 Å². The van der Waals surface area contributed by atoms with Crippen molar-refractivity contribution in [2.75, 3.05) is 23.3 Å². The molecule has 3 aromatic heterocycles. The molecule has 0 spiro atoms. The Balaban J connectivity index is 1.30. The van der Waals surface area contributed by atoms with Gasteiger partial charge in [0.1, 0.15) is 5.69 Å². The van der Waals surface area contributed by atoms with E-state index in [0.29, 0.717) is 18.2 Å². The second kappa shape index (κ2) is 9.90. The molecule has 9 nitrogen and oxygen atoms in total. The largest absolute Gasteiger partial charge is 0.341 e. The lowest BCUT2D eigenvalue weighted by molar-refractivity contribution is 0.102. The highest BCUT2D eigenvalue weighted by Gasteiger charge is 2.23. The lowest BCUT2D eigenvalue weighted by Crippen LogP contribution is -2.38. The van der Waals surface area contributed by atoms with E-state index in [9.17, 15) is 18.0 Å². The third-order valence-corrected chi connectivity index (χ3v) is 5.84. The molecule has 13 heteroatoms. The van der Waals surface area contributed by atoms with Crippen LogP contribution >= 0.6 is 11.6 Å². The van der Waals surface area contributed by atoms with E-state index in [2.05, 4.69) is 35.3 Å². The number of nitrogens with one attached hydrogen (secondary N) is 1. The number of carbonyl (C=O) groups excluding carboxylic acids is 1. The Morgan fingerprint density at radius 1 is 1.11 bits per heavy atom. The normalized spacial score (nSPS) is 13.1. The van der Waals surface area contributed by atoms with Crippen molar-refractivity contribution in [3.63, 3.8) is 0 Å². The van der Waals surface area contributed by atoms with Crippen LogP contribution in [0.4, 0.5) is 24.8 Å². The summed E-state index contributed by atoms with van der Waals surface area (Å²) in [7, 11) is 0. The molecule has 36 heavy (non-hydrogen) atoms. The van der Waals surface area contributed by atoms with Crippen molar-refractivity contribution in [3.8, 4) is 11.3 Å². The number of anilines is 2. The Bertz CT molecular complexity index is 1410. The highest BCUT2D eigenvalue weighted by molar-refractivity contribution is 6.31. The van der Waals surface area contributed by atoms with Crippen molar-refractivity contribution in [2.24, 2.45) is 0 Å². The van der Waals surface area contributed by atoms with Crippen molar-refractivity contribution in [1.82, 2.24) is 29.7 Å². The number of halogens is 4. The molecule has 0 bridgehead atoms. The number of nitrogens with zero attached hydrogens (tertiary/aromatic N) is 7. The quantitative estimate of drug-likeness (QED) is 0.391. The summed E-state index contributed by atoms with van der Waals surface area (Å²) in [4.78, 5) is 31.4. The molecular formula is C23H18ClF3N8O. The van der Waals surface area contributed by atoms with Crippen molar-refractivity contribution in [3.05, 3.63) is 77.0 Å². The summed E-state index contributed by atoms with van der Waals surface area (Å²) < 4.78 is 43.1. The maximum atomic E-state index is 14.6. The molecule has 5 rings (SSSR count). The summed E-state index contributed by atoms with van der Waals surface area (Å²) >= 11 is 5.77. The monoisotopic (exact) mass is 514 g/mol. The summed E-state index contributed by atoms with van der Waals surface area (Å²) in [6.45, 7) is 2.29. The molecule has 1 saturated heterocycles. The van der Waals surface area contributed by atoms with Crippen LogP contribution < -0.4 is 10.2 Å². The van der Waals surface area contributed by atoms with Gasteiger partial charge in [0, 0.05) is 48.4 Å². The summed E-state index contributed by atoms with van der Waals surface area (Å²) in [6, 6.07) is 2.05. The topological polar surface area (TPSA) is 102 Å². The fraction of sp³-hybridized carbons (Fsp3) is 0.217.